The molecule has 3 aromatic rings. The minimum atomic E-state index is -1.14. The van der Waals surface area contributed by atoms with E-state index in [-0.39, 0.29) is 27.6 Å². The summed E-state index contributed by atoms with van der Waals surface area (Å²) < 4.78 is 15.9. The Kier molecular flexibility index (Phi) is 10.8. The second-order valence-corrected chi connectivity index (χ2v) is 14.2. The number of nitrogens with zero attached hydrogens (tertiary/aromatic N) is 4. The molecule has 0 spiro atoms. The fraction of sp³-hybridized carbons (Fsp3) is 0.364. The van der Waals surface area contributed by atoms with Gasteiger partial charge in [-0.05, 0) is 63.0 Å². The Morgan fingerprint density at radius 1 is 1.12 bits per heavy atom. The Bertz CT molecular complexity index is 1700. The number of hydrogen-bond donors (Lipinski definition) is 2. The van der Waals surface area contributed by atoms with Crippen molar-refractivity contribution in [1.29, 1.82) is 0 Å². The van der Waals surface area contributed by atoms with Crippen molar-refractivity contribution in [2.45, 2.75) is 70.3 Å². The number of anilines is 1. The molecule has 0 bridgehead atoms. The summed E-state index contributed by atoms with van der Waals surface area (Å²) in [5, 5.41) is 6.49. The van der Waals surface area contributed by atoms with Gasteiger partial charge in [0.2, 0.25) is 22.7 Å². The molecule has 48 heavy (non-hydrogen) atoms. The van der Waals surface area contributed by atoms with Crippen LogP contribution in [0, 0.1) is 0 Å². The Balaban J connectivity index is 1.35. The SMILES string of the molecule is CCC1=C(C(=S)OC(c2ccccc2)c2ccccc2)N2C(=O)C(NC(=O)C(=NOC(C)C(=O)OC(C)(C)C)c3nsc(N)n3)[C@H]2SC1. The summed E-state index contributed by atoms with van der Waals surface area (Å²) >= 11 is 8.25. The van der Waals surface area contributed by atoms with Crippen molar-refractivity contribution in [2.75, 3.05) is 11.5 Å². The van der Waals surface area contributed by atoms with Gasteiger partial charge in [0.15, 0.2) is 5.13 Å². The Morgan fingerprint density at radius 3 is 2.29 bits per heavy atom. The zero-order valence-corrected chi connectivity index (χ0v) is 29.5. The number of amides is 2. The first-order chi connectivity index (χ1) is 22.9. The number of thiocarbonyl (C=S) groups is 1. The van der Waals surface area contributed by atoms with Gasteiger partial charge in [0.05, 0.1) is 5.70 Å². The molecule has 2 amide bonds. The standard InChI is InChI=1S/C33H36N6O6S3/c1-6-19-17-47-29-23(35-27(40)22(26-36-32(34)48-38-26)37-45-18(2)30(42)44-33(3,4)5)28(41)39(29)24(19)31(46)43-25(20-13-9-7-10-14-20)21-15-11-8-12-16-21/h7-16,18,23,25,29H,6,17H2,1-5H3,(H,35,40)(H2,34,36,38)/t18?,23?,29-/m1/s1. The van der Waals surface area contributed by atoms with E-state index >= 15 is 0 Å². The molecule has 5 rings (SSSR count). The molecular formula is C33H36N6O6S3. The highest BCUT2D eigenvalue weighted by molar-refractivity contribution is 8.00. The maximum Gasteiger partial charge on any atom is 0.350 e. The second kappa shape index (κ2) is 14.8. The van der Waals surface area contributed by atoms with Gasteiger partial charge in [-0.25, -0.2) is 4.79 Å². The molecule has 0 radical (unpaired) electrons. The molecule has 2 unspecified atom stereocenters. The van der Waals surface area contributed by atoms with Crippen LogP contribution in [0.4, 0.5) is 5.13 Å². The van der Waals surface area contributed by atoms with Crippen molar-refractivity contribution in [3.05, 3.63) is 88.9 Å². The van der Waals surface area contributed by atoms with Crippen LogP contribution < -0.4 is 11.1 Å². The van der Waals surface area contributed by atoms with Crippen molar-refractivity contribution in [1.82, 2.24) is 19.6 Å². The molecule has 2 aromatic carbocycles. The van der Waals surface area contributed by atoms with Crippen LogP contribution in [0.1, 0.15) is 64.1 Å². The van der Waals surface area contributed by atoms with Crippen LogP contribution in [0.15, 0.2) is 77.1 Å². The van der Waals surface area contributed by atoms with E-state index in [1.807, 2.05) is 67.6 Å². The number of ether oxygens (including phenoxy) is 2. The average Bonchev–Trinajstić information content (AvgIpc) is 3.50. The Morgan fingerprint density at radius 2 is 1.75 bits per heavy atom. The molecule has 1 saturated heterocycles. The average molecular weight is 709 g/mol. The van der Waals surface area contributed by atoms with Gasteiger partial charge in [-0.2, -0.15) is 9.36 Å². The number of nitrogens with one attached hydrogen (secondary N) is 1. The molecule has 252 valence electrons. The Labute approximate surface area is 292 Å². The molecule has 1 fully saturated rings. The number of esters is 1. The van der Waals surface area contributed by atoms with Gasteiger partial charge in [-0.3, -0.25) is 14.5 Å². The zero-order valence-electron chi connectivity index (χ0n) is 27.0. The van der Waals surface area contributed by atoms with E-state index in [1.165, 1.54) is 18.7 Å². The molecule has 15 heteroatoms. The first kappa shape index (κ1) is 35.0. The number of nitrogens with two attached hydrogens (primary N) is 1. The molecule has 12 nitrogen and oxygen atoms in total. The number of fused-ring (bicyclic) bond motifs is 1. The maximum absolute atomic E-state index is 13.8. The molecule has 2 aliphatic heterocycles. The predicted octanol–water partition coefficient (Wildman–Crippen LogP) is 4.77. The minimum absolute atomic E-state index is 0.0964. The zero-order chi connectivity index (χ0) is 34.6. The fourth-order valence-electron chi connectivity index (χ4n) is 4.97. The van der Waals surface area contributed by atoms with E-state index in [2.05, 4.69) is 19.8 Å². The highest BCUT2D eigenvalue weighted by atomic mass is 32.2. The molecule has 1 aromatic heterocycles. The molecule has 0 saturated carbocycles. The summed E-state index contributed by atoms with van der Waals surface area (Å²) in [5.41, 5.74) is 8.01. The van der Waals surface area contributed by atoms with E-state index < -0.39 is 41.1 Å². The lowest BCUT2D eigenvalue weighted by atomic mass is 10.00. The number of thioether (sulfide) groups is 1. The molecule has 3 N–H and O–H groups in total. The summed E-state index contributed by atoms with van der Waals surface area (Å²) in [5.74, 6) is -1.34. The van der Waals surface area contributed by atoms with Gasteiger partial charge >= 0.3 is 5.97 Å². The quantitative estimate of drug-likeness (QED) is 0.0930. The summed E-state index contributed by atoms with van der Waals surface area (Å²) in [4.78, 5) is 50.8. The smallest absolute Gasteiger partial charge is 0.350 e. The number of hydrogen-bond acceptors (Lipinski definition) is 13. The Hall–Kier alpha value is -4.34. The van der Waals surface area contributed by atoms with E-state index in [0.717, 1.165) is 28.2 Å². The number of β-lactam (4-membered cyclic amide) rings is 1. The number of benzene rings is 2. The van der Waals surface area contributed by atoms with Crippen LogP contribution in [0.5, 0.6) is 0 Å². The summed E-state index contributed by atoms with van der Waals surface area (Å²) in [6, 6.07) is 18.6. The van der Waals surface area contributed by atoms with Crippen LogP contribution in [-0.2, 0) is 28.7 Å². The van der Waals surface area contributed by atoms with Gasteiger partial charge < -0.3 is 25.4 Å². The third-order valence-electron chi connectivity index (χ3n) is 7.29. The minimum Gasteiger partial charge on any atom is -0.469 e. The number of nitrogen functional groups attached to an aromatic ring is 1. The van der Waals surface area contributed by atoms with E-state index in [9.17, 15) is 14.4 Å². The van der Waals surface area contributed by atoms with Gasteiger partial charge in [-0.1, -0.05) is 72.7 Å². The van der Waals surface area contributed by atoms with Crippen molar-refractivity contribution in [3.63, 3.8) is 0 Å². The monoisotopic (exact) mass is 708 g/mol. The van der Waals surface area contributed by atoms with Crippen molar-refractivity contribution >= 4 is 69.2 Å². The van der Waals surface area contributed by atoms with Crippen molar-refractivity contribution < 1.29 is 28.7 Å². The lowest BCUT2D eigenvalue weighted by molar-refractivity contribution is -0.167. The fourth-order valence-corrected chi connectivity index (χ4v) is 7.20. The number of rotatable bonds is 11. The van der Waals surface area contributed by atoms with Crippen LogP contribution >= 0.6 is 35.5 Å². The molecular weight excluding hydrogens is 673 g/mol. The number of oxime groups is 1. The van der Waals surface area contributed by atoms with Gasteiger partial charge in [0.1, 0.15) is 23.1 Å². The van der Waals surface area contributed by atoms with Gasteiger partial charge in [0, 0.05) is 17.3 Å². The van der Waals surface area contributed by atoms with E-state index in [0.29, 0.717) is 17.9 Å². The first-order valence-electron chi connectivity index (χ1n) is 15.2. The summed E-state index contributed by atoms with van der Waals surface area (Å²) in [6.07, 6.45) is -0.985. The van der Waals surface area contributed by atoms with E-state index in [4.69, 9.17) is 32.3 Å². The first-order valence-corrected chi connectivity index (χ1v) is 17.5. The molecule has 3 heterocycles. The normalized spacial score (nSPS) is 18.5. The molecule has 3 atom stereocenters. The summed E-state index contributed by atoms with van der Waals surface area (Å²) in [7, 11) is 0. The van der Waals surface area contributed by atoms with E-state index in [1.54, 1.807) is 25.7 Å². The highest BCUT2D eigenvalue weighted by Gasteiger charge is 2.54. The number of carbonyl (C=O) groups is 3. The van der Waals surface area contributed by atoms with Gasteiger partial charge in [0.25, 0.3) is 11.8 Å². The van der Waals surface area contributed by atoms with Crippen molar-refractivity contribution in [2.24, 2.45) is 5.16 Å². The van der Waals surface area contributed by atoms with Crippen LogP contribution in [0.3, 0.4) is 0 Å². The van der Waals surface area contributed by atoms with Crippen LogP contribution in [0.2, 0.25) is 0 Å². The number of carbonyl (C=O) groups excluding carboxylic acids is 3. The maximum atomic E-state index is 13.8. The largest absolute Gasteiger partial charge is 0.469 e. The van der Waals surface area contributed by atoms with Crippen LogP contribution in [-0.4, -0.2) is 71.7 Å². The molecule has 2 aliphatic rings. The second-order valence-electron chi connectivity index (χ2n) is 12.0. The number of aromatic nitrogens is 2. The van der Waals surface area contributed by atoms with Gasteiger partial charge in [-0.15, -0.1) is 11.8 Å². The third kappa shape index (κ3) is 7.85. The molecule has 0 aliphatic carbocycles. The lowest BCUT2D eigenvalue weighted by Gasteiger charge is -2.50. The lowest BCUT2D eigenvalue weighted by Crippen LogP contribution is -2.71. The topological polar surface area (TPSA) is 158 Å². The van der Waals surface area contributed by atoms with Crippen LogP contribution in [0.25, 0.3) is 0 Å². The highest BCUT2D eigenvalue weighted by Crippen LogP contribution is 2.42. The predicted molar refractivity (Wildman–Crippen MR) is 188 cm³/mol. The summed E-state index contributed by atoms with van der Waals surface area (Å²) in [6.45, 7) is 8.60. The van der Waals surface area contributed by atoms with Crippen molar-refractivity contribution in [3.8, 4) is 0 Å². The third-order valence-corrected chi connectivity index (χ3v) is 9.46.